The molecule has 0 bridgehead atoms. The van der Waals surface area contributed by atoms with Crippen molar-refractivity contribution in [3.8, 4) is 0 Å². The maximum atomic E-state index is 13.3. The number of carbonyl (C=O) groups is 3. The fraction of sp³-hybridized carbons (Fsp3) is 0.667. The first kappa shape index (κ1) is 17.8. The highest BCUT2D eigenvalue weighted by Gasteiger charge is 2.68. The first-order valence-corrected chi connectivity index (χ1v) is 9.51. The van der Waals surface area contributed by atoms with Crippen molar-refractivity contribution < 1.29 is 24.6 Å². The molecule has 0 aromatic rings. The van der Waals surface area contributed by atoms with Crippen molar-refractivity contribution in [2.24, 2.45) is 28.6 Å². The van der Waals surface area contributed by atoms with Crippen LogP contribution in [-0.4, -0.2) is 39.8 Å². The molecular weight excluding hydrogens is 332 g/mol. The number of carbonyl (C=O) groups excluding carboxylic acids is 3. The zero-order chi connectivity index (χ0) is 18.9. The molecule has 2 N–H and O–H groups in total. The Morgan fingerprint density at radius 1 is 1.27 bits per heavy atom. The van der Waals surface area contributed by atoms with Gasteiger partial charge in [0.1, 0.15) is 18.0 Å². The van der Waals surface area contributed by atoms with Gasteiger partial charge in [-0.3, -0.25) is 14.4 Å². The summed E-state index contributed by atoms with van der Waals surface area (Å²) in [6.07, 6.45) is 7.82. The van der Waals surface area contributed by atoms with Gasteiger partial charge in [-0.1, -0.05) is 25.5 Å². The van der Waals surface area contributed by atoms with E-state index in [1.165, 1.54) is 0 Å². The standard InChI is InChI=1S/C21H26O5/c1-19-7-5-13(23)9-12(19)3-4-14-15-6-8-21(26,17(25)11-22)20(15,2)10-16(24)18(14)19/h5,7,9,14-15,18,22,26H,3-4,6,8,10-11H2,1-2H3/t14?,15?,18?,19?,20?,21-/m0/s1. The molecule has 0 spiro atoms. The molecule has 3 saturated carbocycles. The summed E-state index contributed by atoms with van der Waals surface area (Å²) in [5.74, 6) is -0.590. The van der Waals surface area contributed by atoms with E-state index in [4.69, 9.17) is 0 Å². The van der Waals surface area contributed by atoms with E-state index in [9.17, 15) is 24.6 Å². The van der Waals surface area contributed by atoms with E-state index in [0.29, 0.717) is 12.8 Å². The fourth-order valence-electron chi connectivity index (χ4n) is 6.62. The highest BCUT2D eigenvalue weighted by Crippen LogP contribution is 2.66. The zero-order valence-electron chi connectivity index (χ0n) is 15.3. The molecule has 0 aliphatic heterocycles. The van der Waals surface area contributed by atoms with E-state index in [1.54, 1.807) is 12.2 Å². The first-order chi connectivity index (χ1) is 12.2. The highest BCUT2D eigenvalue weighted by atomic mass is 16.3. The van der Waals surface area contributed by atoms with Crippen molar-refractivity contribution in [1.82, 2.24) is 0 Å². The SMILES string of the molecule is CC12C=CC(=O)C=C1CCC1C2C(=O)CC2(C)C1CC[C@]2(O)C(=O)CO. The predicted molar refractivity (Wildman–Crippen MR) is 94.0 cm³/mol. The summed E-state index contributed by atoms with van der Waals surface area (Å²) >= 11 is 0. The number of fused-ring (bicyclic) bond motifs is 5. The van der Waals surface area contributed by atoms with Crippen molar-refractivity contribution in [2.45, 2.75) is 51.6 Å². The van der Waals surface area contributed by atoms with Gasteiger partial charge in [0.2, 0.25) is 0 Å². The summed E-state index contributed by atoms with van der Waals surface area (Å²) in [6, 6.07) is 0. The quantitative estimate of drug-likeness (QED) is 0.785. The van der Waals surface area contributed by atoms with E-state index in [-0.39, 0.29) is 35.7 Å². The summed E-state index contributed by atoms with van der Waals surface area (Å²) in [6.45, 7) is 3.19. The average Bonchev–Trinajstić information content (AvgIpc) is 2.86. The summed E-state index contributed by atoms with van der Waals surface area (Å²) < 4.78 is 0. The molecular formula is C21H26O5. The summed E-state index contributed by atoms with van der Waals surface area (Å²) in [4.78, 5) is 37.4. The monoisotopic (exact) mass is 358 g/mol. The molecule has 4 rings (SSSR count). The Labute approximate surface area is 153 Å². The Hall–Kier alpha value is -1.59. The Morgan fingerprint density at radius 2 is 2.00 bits per heavy atom. The fourth-order valence-corrected chi connectivity index (χ4v) is 6.62. The molecule has 5 unspecified atom stereocenters. The van der Waals surface area contributed by atoms with Crippen molar-refractivity contribution in [3.05, 3.63) is 23.8 Å². The Kier molecular flexibility index (Phi) is 3.74. The molecule has 0 aromatic carbocycles. The van der Waals surface area contributed by atoms with Gasteiger partial charge < -0.3 is 10.2 Å². The number of ketones is 3. The molecule has 26 heavy (non-hydrogen) atoms. The van der Waals surface area contributed by atoms with Crippen molar-refractivity contribution in [3.63, 3.8) is 0 Å². The van der Waals surface area contributed by atoms with E-state index in [1.807, 2.05) is 19.9 Å². The van der Waals surface area contributed by atoms with E-state index < -0.39 is 28.8 Å². The van der Waals surface area contributed by atoms with Gasteiger partial charge in [-0.15, -0.1) is 0 Å². The molecule has 0 saturated heterocycles. The van der Waals surface area contributed by atoms with Gasteiger partial charge in [-0.05, 0) is 49.7 Å². The molecule has 5 nitrogen and oxygen atoms in total. The van der Waals surface area contributed by atoms with Gasteiger partial charge in [0, 0.05) is 23.2 Å². The van der Waals surface area contributed by atoms with Crippen LogP contribution >= 0.6 is 0 Å². The van der Waals surface area contributed by atoms with Crippen LogP contribution in [0.3, 0.4) is 0 Å². The largest absolute Gasteiger partial charge is 0.388 e. The van der Waals surface area contributed by atoms with Gasteiger partial charge in [0.05, 0.1) is 0 Å². The molecule has 140 valence electrons. The number of aliphatic hydroxyl groups is 2. The van der Waals surface area contributed by atoms with Crippen LogP contribution in [0.5, 0.6) is 0 Å². The minimum Gasteiger partial charge on any atom is -0.388 e. The molecule has 3 fully saturated rings. The Balaban J connectivity index is 1.76. The van der Waals surface area contributed by atoms with Crippen LogP contribution in [0.15, 0.2) is 23.8 Å². The minimum absolute atomic E-state index is 0.0206. The lowest BCUT2D eigenvalue weighted by atomic mass is 9.46. The molecule has 0 aromatic heterocycles. The van der Waals surface area contributed by atoms with Crippen LogP contribution in [-0.2, 0) is 14.4 Å². The Bertz CT molecular complexity index is 764. The van der Waals surface area contributed by atoms with Gasteiger partial charge >= 0.3 is 0 Å². The van der Waals surface area contributed by atoms with Crippen LogP contribution in [0.2, 0.25) is 0 Å². The van der Waals surface area contributed by atoms with Crippen LogP contribution in [0.25, 0.3) is 0 Å². The van der Waals surface area contributed by atoms with Crippen molar-refractivity contribution in [2.75, 3.05) is 6.61 Å². The summed E-state index contributed by atoms with van der Waals surface area (Å²) in [7, 11) is 0. The topological polar surface area (TPSA) is 91.7 Å². The van der Waals surface area contributed by atoms with Crippen molar-refractivity contribution >= 4 is 17.3 Å². The van der Waals surface area contributed by atoms with Gasteiger partial charge in [0.15, 0.2) is 11.6 Å². The predicted octanol–water partition coefficient (Wildman–Crippen LogP) is 1.77. The third-order valence-electron chi connectivity index (χ3n) is 8.01. The molecule has 5 heteroatoms. The second-order valence-electron chi connectivity index (χ2n) is 9.02. The second kappa shape index (κ2) is 5.46. The maximum Gasteiger partial charge on any atom is 0.190 e. The third kappa shape index (κ3) is 2.01. The number of hydrogen-bond donors (Lipinski definition) is 2. The molecule has 0 amide bonds. The molecule has 6 atom stereocenters. The average molecular weight is 358 g/mol. The maximum absolute atomic E-state index is 13.3. The normalized spacial score (nSPS) is 47.1. The number of Topliss-reactive ketones (excluding diaryl/α,β-unsaturated/α-hetero) is 2. The van der Waals surface area contributed by atoms with Crippen LogP contribution in [0.4, 0.5) is 0 Å². The second-order valence-corrected chi connectivity index (χ2v) is 9.02. The molecule has 0 radical (unpaired) electrons. The molecule has 0 heterocycles. The summed E-state index contributed by atoms with van der Waals surface area (Å²) in [5.41, 5.74) is -1.86. The lowest BCUT2D eigenvalue weighted by molar-refractivity contribution is -0.168. The van der Waals surface area contributed by atoms with E-state index >= 15 is 0 Å². The minimum atomic E-state index is -1.62. The Morgan fingerprint density at radius 3 is 2.69 bits per heavy atom. The third-order valence-corrected chi connectivity index (χ3v) is 8.01. The van der Waals surface area contributed by atoms with Gasteiger partial charge in [0.25, 0.3) is 0 Å². The van der Waals surface area contributed by atoms with E-state index in [2.05, 4.69) is 0 Å². The zero-order valence-corrected chi connectivity index (χ0v) is 15.3. The molecule has 4 aliphatic rings. The van der Waals surface area contributed by atoms with Crippen LogP contribution < -0.4 is 0 Å². The summed E-state index contributed by atoms with van der Waals surface area (Å²) in [5, 5.41) is 20.5. The smallest absolute Gasteiger partial charge is 0.190 e. The number of hydrogen-bond acceptors (Lipinski definition) is 5. The van der Waals surface area contributed by atoms with Crippen LogP contribution in [0, 0.1) is 28.6 Å². The molecule has 4 aliphatic carbocycles. The van der Waals surface area contributed by atoms with Crippen LogP contribution in [0.1, 0.15) is 46.0 Å². The number of rotatable bonds is 2. The van der Waals surface area contributed by atoms with E-state index in [0.717, 1.165) is 18.4 Å². The lowest BCUT2D eigenvalue weighted by Crippen LogP contribution is -2.60. The first-order valence-electron chi connectivity index (χ1n) is 9.51. The van der Waals surface area contributed by atoms with Crippen molar-refractivity contribution in [1.29, 1.82) is 0 Å². The van der Waals surface area contributed by atoms with Gasteiger partial charge in [-0.2, -0.15) is 0 Å². The lowest BCUT2D eigenvalue weighted by Gasteiger charge is -2.56. The number of aliphatic hydroxyl groups excluding tert-OH is 1. The van der Waals surface area contributed by atoms with Gasteiger partial charge in [-0.25, -0.2) is 0 Å². The highest BCUT2D eigenvalue weighted by molar-refractivity contribution is 6.02. The number of allylic oxidation sites excluding steroid dienone is 4.